The average Bonchev–Trinajstić information content (AvgIpc) is 2.52. The van der Waals surface area contributed by atoms with E-state index in [1.165, 1.54) is 0 Å². The normalized spacial score (nSPS) is 26.2. The molecule has 0 radical (unpaired) electrons. The summed E-state index contributed by atoms with van der Waals surface area (Å²) >= 11 is 11.7. The van der Waals surface area contributed by atoms with Gasteiger partial charge in [0.25, 0.3) is 0 Å². The van der Waals surface area contributed by atoms with Crippen molar-refractivity contribution in [1.29, 1.82) is 0 Å². The fourth-order valence-electron chi connectivity index (χ4n) is 1.87. The first-order valence-electron chi connectivity index (χ1n) is 5.08. The van der Waals surface area contributed by atoms with Crippen molar-refractivity contribution in [3.05, 3.63) is 33.8 Å². The Morgan fingerprint density at radius 1 is 1.12 bits per heavy atom. The molecule has 0 spiro atoms. The smallest absolute Gasteiger partial charge is 0.0938 e. The Morgan fingerprint density at radius 3 is 2.31 bits per heavy atom. The van der Waals surface area contributed by atoms with Crippen LogP contribution in [0.15, 0.2) is 18.2 Å². The third kappa shape index (κ3) is 2.67. The van der Waals surface area contributed by atoms with Crippen LogP contribution in [0.2, 0.25) is 10.0 Å². The van der Waals surface area contributed by atoms with Gasteiger partial charge < -0.3 is 10.2 Å². The van der Waals surface area contributed by atoms with E-state index in [2.05, 4.69) is 0 Å². The molecule has 0 amide bonds. The lowest BCUT2D eigenvalue weighted by atomic mass is 10.2. The van der Waals surface area contributed by atoms with Crippen LogP contribution in [0, 0.1) is 0 Å². The maximum absolute atomic E-state index is 9.41. The molecule has 88 valence electrons. The third-order valence-corrected chi connectivity index (χ3v) is 3.46. The topological polar surface area (TPSA) is 43.7 Å². The van der Waals surface area contributed by atoms with Crippen LogP contribution in [0.3, 0.4) is 0 Å². The first-order valence-corrected chi connectivity index (χ1v) is 5.84. The van der Waals surface area contributed by atoms with Gasteiger partial charge in [-0.15, -0.1) is 0 Å². The highest BCUT2D eigenvalue weighted by molar-refractivity contribution is 6.42. The first-order chi connectivity index (χ1) is 7.56. The van der Waals surface area contributed by atoms with Crippen molar-refractivity contribution >= 4 is 23.2 Å². The fourth-order valence-corrected chi connectivity index (χ4v) is 2.19. The van der Waals surface area contributed by atoms with Gasteiger partial charge in [0.1, 0.15) is 0 Å². The second-order valence-electron chi connectivity index (χ2n) is 4.08. The van der Waals surface area contributed by atoms with Gasteiger partial charge in [0.05, 0.1) is 22.3 Å². The molecule has 0 aromatic heterocycles. The number of nitrogens with zero attached hydrogens (tertiary/aromatic N) is 1. The van der Waals surface area contributed by atoms with Crippen molar-refractivity contribution in [3.63, 3.8) is 0 Å². The standard InChI is InChI=1S/C11H13Cl2NO2/c12-8-2-1-7(3-9(8)13)4-14-5-10(15)11(16)6-14/h1-3,10-11,15-16H,4-6H2. The monoisotopic (exact) mass is 261 g/mol. The predicted molar refractivity (Wildman–Crippen MR) is 63.8 cm³/mol. The molecule has 1 heterocycles. The van der Waals surface area contributed by atoms with Crippen LogP contribution >= 0.6 is 23.2 Å². The van der Waals surface area contributed by atoms with Crippen LogP contribution in [-0.2, 0) is 6.54 Å². The summed E-state index contributed by atoms with van der Waals surface area (Å²) in [6, 6.07) is 5.45. The van der Waals surface area contributed by atoms with E-state index in [1.807, 2.05) is 11.0 Å². The zero-order valence-electron chi connectivity index (χ0n) is 8.61. The number of rotatable bonds is 2. The van der Waals surface area contributed by atoms with Crippen LogP contribution in [0.1, 0.15) is 5.56 Å². The van der Waals surface area contributed by atoms with Crippen molar-refractivity contribution in [1.82, 2.24) is 4.90 Å². The number of aliphatic hydroxyl groups is 2. The Balaban J connectivity index is 2.02. The van der Waals surface area contributed by atoms with Crippen molar-refractivity contribution in [2.45, 2.75) is 18.8 Å². The van der Waals surface area contributed by atoms with Gasteiger partial charge in [-0.3, -0.25) is 4.90 Å². The molecular weight excluding hydrogens is 249 g/mol. The minimum Gasteiger partial charge on any atom is -0.389 e. The van der Waals surface area contributed by atoms with Crippen LogP contribution in [0.4, 0.5) is 0 Å². The molecule has 2 unspecified atom stereocenters. The Bertz CT molecular complexity index is 376. The fraction of sp³-hybridized carbons (Fsp3) is 0.455. The molecule has 1 saturated heterocycles. The van der Waals surface area contributed by atoms with Gasteiger partial charge in [0, 0.05) is 19.6 Å². The summed E-state index contributed by atoms with van der Waals surface area (Å²) in [5, 5.41) is 19.9. The first kappa shape index (κ1) is 12.1. The van der Waals surface area contributed by atoms with Gasteiger partial charge >= 0.3 is 0 Å². The second kappa shape index (κ2) is 4.90. The number of β-amino-alcohol motifs (C(OH)–C–C–N with tert-alkyl or cyclic N) is 2. The molecule has 2 N–H and O–H groups in total. The van der Waals surface area contributed by atoms with Gasteiger partial charge in [-0.1, -0.05) is 29.3 Å². The summed E-state index contributed by atoms with van der Waals surface area (Å²) in [5.74, 6) is 0. The van der Waals surface area contributed by atoms with Gasteiger partial charge in [-0.05, 0) is 17.7 Å². The molecule has 3 nitrogen and oxygen atoms in total. The van der Waals surface area contributed by atoms with Gasteiger partial charge in [-0.25, -0.2) is 0 Å². The number of aliphatic hydroxyl groups excluding tert-OH is 2. The highest BCUT2D eigenvalue weighted by Gasteiger charge is 2.29. The molecule has 2 atom stereocenters. The lowest BCUT2D eigenvalue weighted by Gasteiger charge is -2.14. The van der Waals surface area contributed by atoms with Crippen molar-refractivity contribution in [2.75, 3.05) is 13.1 Å². The Morgan fingerprint density at radius 2 is 1.75 bits per heavy atom. The Hall–Kier alpha value is -0.320. The lowest BCUT2D eigenvalue weighted by molar-refractivity contribution is 0.0572. The van der Waals surface area contributed by atoms with E-state index < -0.39 is 12.2 Å². The Labute approximate surface area is 104 Å². The van der Waals surface area contributed by atoms with E-state index in [0.29, 0.717) is 29.7 Å². The number of benzene rings is 1. The van der Waals surface area contributed by atoms with Crippen molar-refractivity contribution in [2.24, 2.45) is 0 Å². The molecule has 0 bridgehead atoms. The summed E-state index contributed by atoms with van der Waals surface area (Å²) in [7, 11) is 0. The molecule has 1 aromatic rings. The number of likely N-dealkylation sites (tertiary alicyclic amines) is 1. The van der Waals surface area contributed by atoms with Crippen molar-refractivity contribution in [3.8, 4) is 0 Å². The highest BCUT2D eigenvalue weighted by atomic mass is 35.5. The van der Waals surface area contributed by atoms with Crippen molar-refractivity contribution < 1.29 is 10.2 Å². The SMILES string of the molecule is OC1CN(Cc2ccc(Cl)c(Cl)c2)CC1O. The van der Waals surface area contributed by atoms with Crippen LogP contribution < -0.4 is 0 Å². The van der Waals surface area contributed by atoms with Gasteiger partial charge in [0.2, 0.25) is 0 Å². The van der Waals surface area contributed by atoms with E-state index >= 15 is 0 Å². The van der Waals surface area contributed by atoms with Gasteiger partial charge in [-0.2, -0.15) is 0 Å². The number of hydrogen-bond acceptors (Lipinski definition) is 3. The zero-order chi connectivity index (χ0) is 11.7. The van der Waals surface area contributed by atoms with Crippen LogP contribution in [0.25, 0.3) is 0 Å². The number of hydrogen-bond donors (Lipinski definition) is 2. The molecule has 1 aliphatic heterocycles. The molecule has 1 aromatic carbocycles. The molecule has 0 saturated carbocycles. The molecule has 16 heavy (non-hydrogen) atoms. The lowest BCUT2D eigenvalue weighted by Crippen LogP contribution is -2.22. The molecule has 2 rings (SSSR count). The second-order valence-corrected chi connectivity index (χ2v) is 4.89. The van der Waals surface area contributed by atoms with E-state index in [0.717, 1.165) is 5.56 Å². The predicted octanol–water partition coefficient (Wildman–Crippen LogP) is 1.53. The number of halogens is 2. The summed E-state index contributed by atoms with van der Waals surface area (Å²) in [5.41, 5.74) is 1.02. The summed E-state index contributed by atoms with van der Waals surface area (Å²) in [6.07, 6.45) is -1.30. The quantitative estimate of drug-likeness (QED) is 0.849. The van der Waals surface area contributed by atoms with Crippen LogP contribution in [0.5, 0.6) is 0 Å². The molecule has 5 heteroatoms. The minimum absolute atomic E-state index is 0.488. The van der Waals surface area contributed by atoms with Gasteiger partial charge in [0.15, 0.2) is 0 Å². The summed E-state index contributed by atoms with van der Waals surface area (Å²) in [4.78, 5) is 1.98. The maximum atomic E-state index is 9.41. The third-order valence-electron chi connectivity index (χ3n) is 2.72. The summed E-state index contributed by atoms with van der Waals surface area (Å²) in [6.45, 7) is 1.63. The largest absolute Gasteiger partial charge is 0.389 e. The van der Waals surface area contributed by atoms with Crippen LogP contribution in [-0.4, -0.2) is 40.4 Å². The Kier molecular flexibility index (Phi) is 3.72. The van der Waals surface area contributed by atoms with E-state index in [4.69, 9.17) is 23.2 Å². The molecule has 1 aliphatic rings. The maximum Gasteiger partial charge on any atom is 0.0938 e. The summed E-state index contributed by atoms with van der Waals surface area (Å²) < 4.78 is 0. The molecule has 1 fully saturated rings. The highest BCUT2D eigenvalue weighted by Crippen LogP contribution is 2.24. The van der Waals surface area contributed by atoms with E-state index in [1.54, 1.807) is 12.1 Å². The molecule has 0 aliphatic carbocycles. The minimum atomic E-state index is -0.650. The molecular formula is C11H13Cl2NO2. The van der Waals surface area contributed by atoms with E-state index in [-0.39, 0.29) is 0 Å². The average molecular weight is 262 g/mol. The zero-order valence-corrected chi connectivity index (χ0v) is 10.1. The van der Waals surface area contributed by atoms with E-state index in [9.17, 15) is 10.2 Å².